The van der Waals surface area contributed by atoms with E-state index in [0.717, 1.165) is 12.8 Å². The van der Waals surface area contributed by atoms with Crippen LogP contribution in [0.4, 0.5) is 0 Å². The summed E-state index contributed by atoms with van der Waals surface area (Å²) in [5.74, 6) is 0.00954. The molecule has 0 aromatic rings. The number of nitrogens with zero attached hydrogens (tertiary/aromatic N) is 2. The quantitative estimate of drug-likeness (QED) is 0.825. The van der Waals surface area contributed by atoms with Crippen LogP contribution in [0.1, 0.15) is 40.0 Å². The molecule has 2 unspecified atom stereocenters. The average molecular weight is 269 g/mol. The lowest BCUT2D eigenvalue weighted by Gasteiger charge is -2.31. The number of carbonyl (C=O) groups is 2. The second kappa shape index (κ2) is 5.90. The van der Waals surface area contributed by atoms with Crippen LogP contribution in [0.2, 0.25) is 0 Å². The maximum Gasteiger partial charge on any atom is 0.244 e. The zero-order valence-corrected chi connectivity index (χ0v) is 12.8. The van der Waals surface area contributed by atoms with Crippen molar-refractivity contribution >= 4 is 11.8 Å². The van der Waals surface area contributed by atoms with Gasteiger partial charge in [-0.15, -0.1) is 0 Å². The van der Waals surface area contributed by atoms with Crippen LogP contribution in [0.25, 0.3) is 0 Å². The third-order valence-corrected chi connectivity index (χ3v) is 3.81. The zero-order valence-electron chi connectivity index (χ0n) is 12.8. The van der Waals surface area contributed by atoms with Gasteiger partial charge < -0.3 is 15.5 Å². The first-order valence-corrected chi connectivity index (χ1v) is 6.91. The zero-order chi connectivity index (χ0) is 14.8. The maximum absolute atomic E-state index is 12.3. The number of amides is 2. The first-order valence-electron chi connectivity index (χ1n) is 6.91. The lowest BCUT2D eigenvalue weighted by molar-refractivity contribution is -0.142. The van der Waals surface area contributed by atoms with Crippen molar-refractivity contribution in [2.24, 2.45) is 11.1 Å². The van der Waals surface area contributed by atoms with Gasteiger partial charge in [0, 0.05) is 33.1 Å². The summed E-state index contributed by atoms with van der Waals surface area (Å²) >= 11 is 0. The van der Waals surface area contributed by atoms with E-state index in [2.05, 4.69) is 0 Å². The predicted octanol–water partition coefficient (Wildman–Crippen LogP) is 0.829. The molecule has 1 rings (SSSR count). The van der Waals surface area contributed by atoms with Crippen molar-refractivity contribution in [1.29, 1.82) is 0 Å². The predicted molar refractivity (Wildman–Crippen MR) is 75.5 cm³/mol. The standard InChI is InChI=1S/C14H27N3O2/c1-14(2,3)11(15)9-12(18)17-8-6-7-10(17)13(19)16(4)5/h10-11H,6-9,15H2,1-5H3. The molecule has 19 heavy (non-hydrogen) atoms. The molecule has 0 radical (unpaired) electrons. The van der Waals surface area contributed by atoms with Crippen LogP contribution < -0.4 is 5.73 Å². The normalized spacial score (nSPS) is 21.4. The highest BCUT2D eigenvalue weighted by Gasteiger charge is 2.36. The lowest BCUT2D eigenvalue weighted by Crippen LogP contribution is -2.48. The molecule has 1 saturated heterocycles. The summed E-state index contributed by atoms with van der Waals surface area (Å²) in [5.41, 5.74) is 5.96. The topological polar surface area (TPSA) is 66.6 Å². The fraction of sp³-hybridized carbons (Fsp3) is 0.857. The smallest absolute Gasteiger partial charge is 0.244 e. The molecule has 1 fully saturated rings. The third-order valence-electron chi connectivity index (χ3n) is 3.81. The van der Waals surface area contributed by atoms with Gasteiger partial charge in [0.1, 0.15) is 6.04 Å². The van der Waals surface area contributed by atoms with Crippen molar-refractivity contribution in [2.45, 2.75) is 52.1 Å². The minimum absolute atomic E-state index is 0.000116. The van der Waals surface area contributed by atoms with Gasteiger partial charge in [0.25, 0.3) is 0 Å². The molecule has 0 aromatic carbocycles. The molecule has 0 saturated carbocycles. The molecule has 2 atom stereocenters. The van der Waals surface area contributed by atoms with Gasteiger partial charge in [-0.25, -0.2) is 0 Å². The van der Waals surface area contributed by atoms with Crippen molar-refractivity contribution in [2.75, 3.05) is 20.6 Å². The number of hydrogen-bond donors (Lipinski definition) is 1. The van der Waals surface area contributed by atoms with Gasteiger partial charge in [-0.3, -0.25) is 9.59 Å². The number of likely N-dealkylation sites (N-methyl/N-ethyl adjacent to an activating group) is 1. The second-order valence-corrected chi connectivity index (χ2v) is 6.65. The molecule has 0 spiro atoms. The molecule has 0 aromatic heterocycles. The molecule has 0 aliphatic carbocycles. The maximum atomic E-state index is 12.3. The minimum atomic E-state index is -0.297. The van der Waals surface area contributed by atoms with Gasteiger partial charge in [-0.1, -0.05) is 20.8 Å². The molecule has 110 valence electrons. The van der Waals surface area contributed by atoms with Crippen LogP contribution in [0.3, 0.4) is 0 Å². The third kappa shape index (κ3) is 3.93. The fourth-order valence-electron chi connectivity index (χ4n) is 2.23. The summed E-state index contributed by atoms with van der Waals surface area (Å²) in [7, 11) is 3.45. The Kier molecular flexibility index (Phi) is 4.96. The summed E-state index contributed by atoms with van der Waals surface area (Å²) < 4.78 is 0. The van der Waals surface area contributed by atoms with E-state index in [-0.39, 0.29) is 29.3 Å². The first-order chi connectivity index (χ1) is 8.64. The van der Waals surface area contributed by atoms with Crippen molar-refractivity contribution in [3.63, 3.8) is 0 Å². The molecule has 5 heteroatoms. The molecule has 5 nitrogen and oxygen atoms in total. The van der Waals surface area contributed by atoms with Crippen molar-refractivity contribution in [3.8, 4) is 0 Å². The Morgan fingerprint density at radius 3 is 2.42 bits per heavy atom. The number of nitrogens with two attached hydrogens (primary N) is 1. The summed E-state index contributed by atoms with van der Waals surface area (Å²) in [6.45, 7) is 6.74. The first kappa shape index (κ1) is 16.0. The van der Waals surface area contributed by atoms with E-state index in [4.69, 9.17) is 5.73 Å². The van der Waals surface area contributed by atoms with Crippen molar-refractivity contribution in [3.05, 3.63) is 0 Å². The lowest BCUT2D eigenvalue weighted by atomic mass is 9.85. The Balaban J connectivity index is 2.68. The van der Waals surface area contributed by atoms with Gasteiger partial charge in [0.15, 0.2) is 0 Å². The SMILES string of the molecule is CN(C)C(=O)C1CCCN1C(=O)CC(N)C(C)(C)C. The van der Waals surface area contributed by atoms with Crippen LogP contribution in [-0.2, 0) is 9.59 Å². The van der Waals surface area contributed by atoms with E-state index in [1.807, 2.05) is 20.8 Å². The Hall–Kier alpha value is -1.10. The summed E-state index contributed by atoms with van der Waals surface area (Å²) in [6, 6.07) is -0.481. The Morgan fingerprint density at radius 1 is 1.37 bits per heavy atom. The van der Waals surface area contributed by atoms with E-state index < -0.39 is 0 Å². The molecular formula is C14H27N3O2. The molecular weight excluding hydrogens is 242 g/mol. The number of carbonyl (C=O) groups excluding carboxylic acids is 2. The van der Waals surface area contributed by atoms with Crippen molar-refractivity contribution in [1.82, 2.24) is 9.80 Å². The van der Waals surface area contributed by atoms with Crippen LogP contribution in [0, 0.1) is 5.41 Å². The molecule has 0 bridgehead atoms. The summed E-state index contributed by atoms with van der Waals surface area (Å²) in [5, 5.41) is 0. The van der Waals surface area contributed by atoms with Gasteiger partial charge in [0.05, 0.1) is 0 Å². The van der Waals surface area contributed by atoms with Crippen molar-refractivity contribution < 1.29 is 9.59 Å². The number of rotatable bonds is 3. The van der Waals surface area contributed by atoms with E-state index in [1.54, 1.807) is 23.9 Å². The van der Waals surface area contributed by atoms with Crippen LogP contribution >= 0.6 is 0 Å². The Bertz CT molecular complexity index is 347. The van der Waals surface area contributed by atoms with Gasteiger partial charge in [-0.2, -0.15) is 0 Å². The second-order valence-electron chi connectivity index (χ2n) is 6.65. The fourth-order valence-corrected chi connectivity index (χ4v) is 2.23. The number of likely N-dealkylation sites (tertiary alicyclic amines) is 1. The highest BCUT2D eigenvalue weighted by molar-refractivity contribution is 5.88. The Morgan fingerprint density at radius 2 is 1.95 bits per heavy atom. The summed E-state index contributed by atoms with van der Waals surface area (Å²) in [6.07, 6.45) is 1.95. The monoisotopic (exact) mass is 269 g/mol. The van der Waals surface area contributed by atoms with Gasteiger partial charge >= 0.3 is 0 Å². The molecule has 1 aliphatic rings. The van der Waals surface area contributed by atoms with E-state index in [1.165, 1.54) is 0 Å². The van der Waals surface area contributed by atoms with Gasteiger partial charge in [-0.05, 0) is 18.3 Å². The molecule has 2 amide bonds. The highest BCUT2D eigenvalue weighted by atomic mass is 16.2. The van der Waals surface area contributed by atoms with Crippen LogP contribution in [-0.4, -0.2) is 54.3 Å². The van der Waals surface area contributed by atoms with Gasteiger partial charge in [0.2, 0.25) is 11.8 Å². The van der Waals surface area contributed by atoms with E-state index in [9.17, 15) is 9.59 Å². The molecule has 1 aliphatic heterocycles. The van der Waals surface area contributed by atoms with Crippen LogP contribution in [0.5, 0.6) is 0 Å². The van der Waals surface area contributed by atoms with E-state index in [0.29, 0.717) is 13.0 Å². The molecule has 2 N–H and O–H groups in total. The van der Waals surface area contributed by atoms with E-state index >= 15 is 0 Å². The minimum Gasteiger partial charge on any atom is -0.347 e. The molecule has 1 heterocycles. The largest absolute Gasteiger partial charge is 0.347 e. The highest BCUT2D eigenvalue weighted by Crippen LogP contribution is 2.24. The average Bonchev–Trinajstić information content (AvgIpc) is 2.74. The van der Waals surface area contributed by atoms with Crippen LogP contribution in [0.15, 0.2) is 0 Å². The Labute approximate surface area is 116 Å². The summed E-state index contributed by atoms with van der Waals surface area (Å²) in [4.78, 5) is 27.6. The number of hydrogen-bond acceptors (Lipinski definition) is 3.